The number of rotatable bonds is 5. The Labute approximate surface area is 179 Å². The lowest BCUT2D eigenvalue weighted by Gasteiger charge is -2.28. The number of halogens is 5. The molecule has 3 aliphatic rings. The van der Waals surface area contributed by atoms with E-state index in [-0.39, 0.29) is 54.9 Å². The first-order valence-electron chi connectivity index (χ1n) is 9.95. The lowest BCUT2D eigenvalue weighted by Crippen LogP contribution is -2.38. The molecule has 3 fully saturated rings. The van der Waals surface area contributed by atoms with Crippen LogP contribution in [0.2, 0.25) is 0 Å². The summed E-state index contributed by atoms with van der Waals surface area (Å²) >= 11 is 0. The molecule has 5 rings (SSSR count). The van der Waals surface area contributed by atoms with E-state index in [9.17, 15) is 22.0 Å². The Morgan fingerprint density at radius 2 is 2.06 bits per heavy atom. The van der Waals surface area contributed by atoms with Crippen LogP contribution in [0.15, 0.2) is 18.3 Å². The number of pyridine rings is 1. The molecule has 3 unspecified atom stereocenters. The van der Waals surface area contributed by atoms with Crippen LogP contribution in [0.25, 0.3) is 11.3 Å². The third-order valence-electron chi connectivity index (χ3n) is 5.82. The molecule has 172 valence electrons. The molecule has 13 heteroatoms. The number of nitrogens with zero attached hydrogens (tertiary/aromatic N) is 5. The van der Waals surface area contributed by atoms with E-state index in [1.54, 1.807) is 4.90 Å². The molecule has 0 amide bonds. The fourth-order valence-corrected chi connectivity index (χ4v) is 4.21. The van der Waals surface area contributed by atoms with E-state index in [2.05, 4.69) is 19.7 Å². The van der Waals surface area contributed by atoms with Gasteiger partial charge in [-0.15, -0.1) is 0 Å². The van der Waals surface area contributed by atoms with Crippen molar-refractivity contribution in [2.45, 2.75) is 37.3 Å². The van der Waals surface area contributed by atoms with Crippen molar-refractivity contribution >= 4 is 17.6 Å². The maximum Gasteiger partial charge on any atom is 0.387 e. The van der Waals surface area contributed by atoms with Crippen LogP contribution >= 0.6 is 0 Å². The molecule has 8 nitrogen and oxygen atoms in total. The smallest absolute Gasteiger partial charge is 0.387 e. The number of aromatic nitrogens is 3. The van der Waals surface area contributed by atoms with E-state index in [4.69, 9.17) is 10.5 Å². The molecule has 5 heterocycles. The summed E-state index contributed by atoms with van der Waals surface area (Å²) in [5, 5.41) is 0. The zero-order valence-corrected chi connectivity index (χ0v) is 16.6. The van der Waals surface area contributed by atoms with E-state index < -0.39 is 37.4 Å². The van der Waals surface area contributed by atoms with Gasteiger partial charge in [0.2, 0.25) is 5.95 Å². The van der Waals surface area contributed by atoms with Crippen LogP contribution in [0, 0.1) is 0 Å². The number of alkyl halides is 5. The molecule has 0 saturated carbocycles. The minimum atomic E-state index is -3.11. The van der Waals surface area contributed by atoms with Gasteiger partial charge in [-0.1, -0.05) is 0 Å². The maximum absolute atomic E-state index is 14.4. The normalized spacial score (nSPS) is 26.4. The first-order valence-corrected chi connectivity index (χ1v) is 9.95. The van der Waals surface area contributed by atoms with Crippen molar-refractivity contribution < 1.29 is 31.4 Å². The highest BCUT2D eigenvalue weighted by Crippen LogP contribution is 2.38. The van der Waals surface area contributed by atoms with E-state index in [1.165, 1.54) is 23.2 Å². The molecule has 0 aliphatic carbocycles. The van der Waals surface area contributed by atoms with Gasteiger partial charge in [0.1, 0.15) is 11.9 Å². The Bertz CT molecular complexity index is 1030. The summed E-state index contributed by atoms with van der Waals surface area (Å²) in [6.07, 6.45) is -0.834. The van der Waals surface area contributed by atoms with E-state index in [0.29, 0.717) is 5.82 Å². The van der Waals surface area contributed by atoms with Crippen molar-refractivity contribution in [2.75, 3.05) is 41.8 Å². The third-order valence-corrected chi connectivity index (χ3v) is 5.82. The summed E-state index contributed by atoms with van der Waals surface area (Å²) in [5.74, 6) is -3.11. The highest BCUT2D eigenvalue weighted by atomic mass is 19.3. The van der Waals surface area contributed by atoms with Crippen molar-refractivity contribution in [1.29, 1.82) is 0 Å². The first kappa shape index (κ1) is 20.9. The van der Waals surface area contributed by atoms with Gasteiger partial charge in [0.05, 0.1) is 24.9 Å². The van der Waals surface area contributed by atoms with Crippen LogP contribution in [0.1, 0.15) is 6.42 Å². The molecule has 0 spiro atoms. The Morgan fingerprint density at radius 3 is 2.69 bits per heavy atom. The third kappa shape index (κ3) is 3.74. The summed E-state index contributed by atoms with van der Waals surface area (Å²) in [6, 6.07) is 2.21. The van der Waals surface area contributed by atoms with Gasteiger partial charge in [-0.05, 0) is 6.07 Å². The predicted molar refractivity (Wildman–Crippen MR) is 104 cm³/mol. The molecule has 2 N–H and O–H groups in total. The monoisotopic (exact) mass is 458 g/mol. The number of nitrogens with two attached hydrogens (primary N) is 1. The molecule has 3 aliphatic heterocycles. The van der Waals surface area contributed by atoms with Crippen molar-refractivity contribution in [1.82, 2.24) is 15.0 Å². The number of morpholine rings is 1. The lowest BCUT2D eigenvalue weighted by molar-refractivity contribution is -0.0494. The molecule has 2 aromatic rings. The van der Waals surface area contributed by atoms with Gasteiger partial charge in [0.15, 0.2) is 17.7 Å². The Balaban J connectivity index is 1.56. The van der Waals surface area contributed by atoms with Crippen LogP contribution < -0.4 is 20.3 Å². The number of ether oxygens (including phenoxy) is 2. The summed E-state index contributed by atoms with van der Waals surface area (Å²) in [7, 11) is 0. The van der Waals surface area contributed by atoms with Crippen LogP contribution in [0.5, 0.6) is 5.75 Å². The van der Waals surface area contributed by atoms with Gasteiger partial charge in [-0.3, -0.25) is 0 Å². The average Bonchev–Trinajstić information content (AvgIpc) is 3.40. The standard InChI is InChI=1S/C19H19F5N6O2/c20-15-11-7-31-13(15)6-30(11)14-4-10(9-3-12(32-17(21)22)16(25)26-5-9)27-18(28-14)29-2-1-19(23,24)8-29/h3-5,11,13,15,17H,1-2,6-8H2,(H2,25,26). The van der Waals surface area contributed by atoms with Gasteiger partial charge >= 0.3 is 6.61 Å². The second-order valence-corrected chi connectivity index (χ2v) is 7.96. The van der Waals surface area contributed by atoms with Gasteiger partial charge in [0.25, 0.3) is 5.92 Å². The summed E-state index contributed by atoms with van der Waals surface area (Å²) in [6.45, 7) is -3.21. The zero-order chi connectivity index (χ0) is 22.6. The van der Waals surface area contributed by atoms with E-state index in [0.717, 1.165) is 0 Å². The lowest BCUT2D eigenvalue weighted by atomic mass is 10.2. The molecule has 2 aromatic heterocycles. The zero-order valence-electron chi connectivity index (χ0n) is 16.6. The van der Waals surface area contributed by atoms with Crippen molar-refractivity contribution in [3.05, 3.63) is 18.3 Å². The largest absolute Gasteiger partial charge is 0.431 e. The van der Waals surface area contributed by atoms with Crippen molar-refractivity contribution in [2.24, 2.45) is 0 Å². The Hall–Kier alpha value is -2.96. The second-order valence-electron chi connectivity index (χ2n) is 7.96. The molecule has 32 heavy (non-hydrogen) atoms. The number of fused-ring (bicyclic) bond motifs is 2. The number of anilines is 3. The first-order chi connectivity index (χ1) is 15.2. The van der Waals surface area contributed by atoms with Gasteiger partial charge in [0, 0.05) is 37.3 Å². The van der Waals surface area contributed by atoms with Crippen LogP contribution in [0.3, 0.4) is 0 Å². The highest BCUT2D eigenvalue weighted by Gasteiger charge is 2.49. The van der Waals surface area contributed by atoms with Crippen molar-refractivity contribution in [3.63, 3.8) is 0 Å². The summed E-state index contributed by atoms with van der Waals surface area (Å²) < 4.78 is 77.2. The fourth-order valence-electron chi connectivity index (χ4n) is 4.21. The molecule has 3 atom stereocenters. The number of hydrogen-bond donors (Lipinski definition) is 1. The topological polar surface area (TPSA) is 89.6 Å². The molecule has 0 radical (unpaired) electrons. The van der Waals surface area contributed by atoms with E-state index in [1.807, 2.05) is 0 Å². The van der Waals surface area contributed by atoms with Gasteiger partial charge in [-0.2, -0.15) is 13.8 Å². The molecule has 3 saturated heterocycles. The summed E-state index contributed by atoms with van der Waals surface area (Å²) in [4.78, 5) is 15.7. The predicted octanol–water partition coefficient (Wildman–Crippen LogP) is 2.49. The molecular weight excluding hydrogens is 439 g/mol. The maximum atomic E-state index is 14.4. The van der Waals surface area contributed by atoms with Gasteiger partial charge in [-0.25, -0.2) is 23.1 Å². The Kier molecular flexibility index (Phi) is 4.95. The van der Waals surface area contributed by atoms with Crippen molar-refractivity contribution in [3.8, 4) is 17.0 Å². The minimum Gasteiger partial charge on any atom is -0.431 e. The molecule has 0 aromatic carbocycles. The van der Waals surface area contributed by atoms with Crippen LogP contribution in [-0.4, -0.2) is 72.0 Å². The molecular formula is C19H19F5N6O2. The fraction of sp³-hybridized carbons (Fsp3) is 0.526. The SMILES string of the molecule is Nc1ncc(-c2cc(N3CC4OCC3C4F)nc(N3CCC(F)(F)C3)n2)cc1OC(F)F. The number of hydrogen-bond acceptors (Lipinski definition) is 8. The highest BCUT2D eigenvalue weighted by molar-refractivity contribution is 5.68. The van der Waals surface area contributed by atoms with E-state index >= 15 is 0 Å². The quantitative estimate of drug-likeness (QED) is 0.684. The molecule has 2 bridgehead atoms. The van der Waals surface area contributed by atoms with Crippen LogP contribution in [0.4, 0.5) is 39.5 Å². The summed E-state index contributed by atoms with van der Waals surface area (Å²) in [5.41, 5.74) is 6.10. The average molecular weight is 458 g/mol. The Morgan fingerprint density at radius 1 is 1.25 bits per heavy atom. The van der Waals surface area contributed by atoms with Gasteiger partial charge < -0.3 is 25.0 Å². The van der Waals surface area contributed by atoms with Crippen LogP contribution in [-0.2, 0) is 4.74 Å². The minimum absolute atomic E-state index is 0.0296. The second kappa shape index (κ2) is 7.57. The number of nitrogen functional groups attached to an aromatic ring is 1.